The molecular formula is C26H29F3N6O3. The summed E-state index contributed by atoms with van der Waals surface area (Å²) < 4.78 is 45.4. The number of nitrogens with one attached hydrogen (secondary N) is 1. The number of aromatic nitrogens is 2. The molecule has 1 aliphatic heterocycles. The summed E-state index contributed by atoms with van der Waals surface area (Å²) in [6.07, 6.45) is -2.06. The molecule has 0 spiro atoms. The summed E-state index contributed by atoms with van der Waals surface area (Å²) >= 11 is 0. The molecule has 0 aliphatic carbocycles. The predicted molar refractivity (Wildman–Crippen MR) is 134 cm³/mol. The topological polar surface area (TPSA) is 94.8 Å². The summed E-state index contributed by atoms with van der Waals surface area (Å²) in [6.45, 7) is 5.45. The van der Waals surface area contributed by atoms with Crippen LogP contribution >= 0.6 is 0 Å². The van der Waals surface area contributed by atoms with Gasteiger partial charge in [0, 0.05) is 56.5 Å². The van der Waals surface area contributed by atoms with Crippen LogP contribution in [-0.2, 0) is 11.3 Å². The molecule has 9 nitrogen and oxygen atoms in total. The second-order valence-electron chi connectivity index (χ2n) is 8.91. The van der Waals surface area contributed by atoms with Gasteiger partial charge in [0.1, 0.15) is 5.82 Å². The Hall–Kier alpha value is -3.93. The third-order valence-corrected chi connectivity index (χ3v) is 6.31. The van der Waals surface area contributed by atoms with Crippen LogP contribution < -0.4 is 10.2 Å². The summed E-state index contributed by atoms with van der Waals surface area (Å²) in [5.74, 6) is -1.64. The standard InChI is InChI=1S/C26H29F3N6O3/c1-18(36)34-12-5-11-33(14-15-34)13-10-30-26(37)35(21-6-3-2-4-7-21)17-20-9-8-19(16-22(20)27)24-31-32-25(38-24)23(28)29/h2-4,6-9,16,23H,5,10-15,17H2,1H3,(H,30,37). The van der Waals surface area contributed by atoms with Crippen LogP contribution in [0.5, 0.6) is 0 Å². The molecule has 3 amide bonds. The summed E-state index contributed by atoms with van der Waals surface area (Å²) in [6, 6.07) is 12.5. The number of hydrogen-bond acceptors (Lipinski definition) is 6. The van der Waals surface area contributed by atoms with Crippen LogP contribution in [0.3, 0.4) is 0 Å². The van der Waals surface area contributed by atoms with Crippen LogP contribution in [-0.4, -0.2) is 71.2 Å². The molecular weight excluding hydrogens is 501 g/mol. The fourth-order valence-electron chi connectivity index (χ4n) is 4.23. The number of para-hydroxylation sites is 1. The SMILES string of the molecule is CC(=O)N1CCCN(CCNC(=O)N(Cc2ccc(-c3nnc(C(F)F)o3)cc2F)c2ccccc2)CC1. The number of nitrogens with zero attached hydrogens (tertiary/aromatic N) is 5. The lowest BCUT2D eigenvalue weighted by Crippen LogP contribution is -2.43. The number of rotatable bonds is 8. The van der Waals surface area contributed by atoms with Crippen LogP contribution in [0.15, 0.2) is 52.9 Å². The molecule has 1 fully saturated rings. The molecule has 0 radical (unpaired) electrons. The average Bonchev–Trinajstić information content (AvgIpc) is 3.29. The summed E-state index contributed by atoms with van der Waals surface area (Å²) in [7, 11) is 0. The molecule has 1 saturated heterocycles. The number of urea groups is 1. The molecule has 3 aromatic rings. The summed E-state index contributed by atoms with van der Waals surface area (Å²) in [5.41, 5.74) is 0.958. The monoisotopic (exact) mass is 530 g/mol. The number of carbonyl (C=O) groups excluding carboxylic acids is 2. The average molecular weight is 531 g/mol. The molecule has 1 aromatic heterocycles. The zero-order valence-corrected chi connectivity index (χ0v) is 20.9. The fourth-order valence-corrected chi connectivity index (χ4v) is 4.23. The molecule has 202 valence electrons. The van der Waals surface area contributed by atoms with Crippen LogP contribution in [0.25, 0.3) is 11.5 Å². The van der Waals surface area contributed by atoms with Crippen molar-refractivity contribution in [2.45, 2.75) is 26.3 Å². The van der Waals surface area contributed by atoms with Crippen molar-refractivity contribution >= 4 is 17.6 Å². The van der Waals surface area contributed by atoms with Crippen molar-refractivity contribution in [1.29, 1.82) is 0 Å². The zero-order chi connectivity index (χ0) is 27.1. The molecule has 4 rings (SSSR count). The van der Waals surface area contributed by atoms with Gasteiger partial charge in [0.05, 0.1) is 6.54 Å². The number of alkyl halides is 2. The first-order valence-electron chi connectivity index (χ1n) is 12.3. The van der Waals surface area contributed by atoms with E-state index < -0.39 is 24.2 Å². The Morgan fingerprint density at radius 1 is 1.08 bits per heavy atom. The van der Waals surface area contributed by atoms with Crippen LogP contribution in [0.4, 0.5) is 23.7 Å². The van der Waals surface area contributed by atoms with Gasteiger partial charge in [-0.2, -0.15) is 8.78 Å². The van der Waals surface area contributed by atoms with Gasteiger partial charge < -0.3 is 14.6 Å². The number of anilines is 1. The van der Waals surface area contributed by atoms with E-state index in [1.54, 1.807) is 31.2 Å². The van der Waals surface area contributed by atoms with Gasteiger partial charge in [-0.25, -0.2) is 9.18 Å². The highest BCUT2D eigenvalue weighted by molar-refractivity contribution is 5.91. The third-order valence-electron chi connectivity index (χ3n) is 6.31. The molecule has 1 N–H and O–H groups in total. The van der Waals surface area contributed by atoms with Crippen LogP contribution in [0, 0.1) is 5.82 Å². The Kier molecular flexibility index (Phi) is 8.95. The van der Waals surface area contributed by atoms with Crippen molar-refractivity contribution in [1.82, 2.24) is 25.3 Å². The molecule has 12 heteroatoms. The van der Waals surface area contributed by atoms with E-state index in [4.69, 9.17) is 4.42 Å². The minimum absolute atomic E-state index is 0.0638. The van der Waals surface area contributed by atoms with Gasteiger partial charge in [-0.15, -0.1) is 10.2 Å². The highest BCUT2D eigenvalue weighted by atomic mass is 19.3. The number of amides is 3. The first-order valence-corrected chi connectivity index (χ1v) is 12.3. The van der Waals surface area contributed by atoms with Crippen molar-refractivity contribution in [2.75, 3.05) is 44.2 Å². The number of hydrogen-bond donors (Lipinski definition) is 1. The smallest absolute Gasteiger partial charge is 0.322 e. The van der Waals surface area contributed by atoms with E-state index in [1.165, 1.54) is 17.0 Å². The van der Waals surface area contributed by atoms with Gasteiger partial charge in [-0.05, 0) is 37.2 Å². The number of carbonyl (C=O) groups is 2. The lowest BCUT2D eigenvalue weighted by molar-refractivity contribution is -0.128. The second kappa shape index (κ2) is 12.5. The minimum Gasteiger partial charge on any atom is -0.415 e. The molecule has 0 unspecified atom stereocenters. The lowest BCUT2D eigenvalue weighted by atomic mass is 10.1. The van der Waals surface area contributed by atoms with E-state index in [0.717, 1.165) is 32.1 Å². The molecule has 2 aromatic carbocycles. The summed E-state index contributed by atoms with van der Waals surface area (Å²) in [5, 5.41) is 9.72. The lowest BCUT2D eigenvalue weighted by Gasteiger charge is -2.25. The molecule has 2 heterocycles. The molecule has 38 heavy (non-hydrogen) atoms. The maximum atomic E-state index is 15.0. The quantitative estimate of drug-likeness (QED) is 0.472. The van der Waals surface area contributed by atoms with E-state index in [0.29, 0.717) is 25.3 Å². The van der Waals surface area contributed by atoms with Crippen molar-refractivity contribution in [2.24, 2.45) is 0 Å². The van der Waals surface area contributed by atoms with E-state index in [-0.39, 0.29) is 29.5 Å². The number of benzene rings is 2. The normalized spacial score (nSPS) is 14.4. The molecule has 0 saturated carbocycles. The molecule has 0 atom stereocenters. The minimum atomic E-state index is -2.92. The van der Waals surface area contributed by atoms with Crippen LogP contribution in [0.2, 0.25) is 0 Å². The van der Waals surface area contributed by atoms with Crippen LogP contribution in [0.1, 0.15) is 31.2 Å². The van der Waals surface area contributed by atoms with Gasteiger partial charge in [0.2, 0.25) is 11.8 Å². The van der Waals surface area contributed by atoms with Gasteiger partial charge in [0.15, 0.2) is 0 Å². The van der Waals surface area contributed by atoms with Gasteiger partial charge in [-0.1, -0.05) is 24.3 Å². The van der Waals surface area contributed by atoms with Crippen molar-refractivity contribution in [3.63, 3.8) is 0 Å². The predicted octanol–water partition coefficient (Wildman–Crippen LogP) is 4.08. The maximum absolute atomic E-state index is 15.0. The van der Waals surface area contributed by atoms with E-state index in [1.807, 2.05) is 11.0 Å². The van der Waals surface area contributed by atoms with Crippen molar-refractivity contribution in [3.05, 3.63) is 65.8 Å². The first kappa shape index (κ1) is 27.1. The maximum Gasteiger partial charge on any atom is 0.322 e. The Bertz CT molecular complexity index is 1240. The van der Waals surface area contributed by atoms with E-state index in [9.17, 15) is 18.4 Å². The van der Waals surface area contributed by atoms with Crippen molar-refractivity contribution in [3.8, 4) is 11.5 Å². The van der Waals surface area contributed by atoms with E-state index >= 15 is 4.39 Å². The Balaban J connectivity index is 1.41. The number of halogens is 3. The Morgan fingerprint density at radius 2 is 1.87 bits per heavy atom. The molecule has 1 aliphatic rings. The second-order valence-corrected chi connectivity index (χ2v) is 8.91. The van der Waals surface area contributed by atoms with Gasteiger partial charge in [-0.3, -0.25) is 14.6 Å². The third kappa shape index (κ3) is 6.88. The van der Waals surface area contributed by atoms with E-state index in [2.05, 4.69) is 20.4 Å². The zero-order valence-electron chi connectivity index (χ0n) is 20.9. The summed E-state index contributed by atoms with van der Waals surface area (Å²) in [4.78, 5) is 30.3. The Labute approximate surface area is 218 Å². The largest absolute Gasteiger partial charge is 0.415 e. The highest BCUT2D eigenvalue weighted by Crippen LogP contribution is 2.26. The van der Waals surface area contributed by atoms with Gasteiger partial charge in [0.25, 0.3) is 5.89 Å². The Morgan fingerprint density at radius 3 is 2.55 bits per heavy atom. The van der Waals surface area contributed by atoms with Crippen molar-refractivity contribution < 1.29 is 27.2 Å². The molecule has 0 bridgehead atoms. The first-order chi connectivity index (χ1) is 18.3. The highest BCUT2D eigenvalue weighted by Gasteiger charge is 2.21. The fraction of sp³-hybridized carbons (Fsp3) is 0.385. The van der Waals surface area contributed by atoms with Gasteiger partial charge >= 0.3 is 12.5 Å².